The Morgan fingerprint density at radius 3 is 2.62 bits per heavy atom. The van der Waals surface area contributed by atoms with E-state index in [0.717, 1.165) is 0 Å². The Labute approximate surface area is 152 Å². The summed E-state index contributed by atoms with van der Waals surface area (Å²) in [5.74, 6) is -1.78. The van der Waals surface area contributed by atoms with Gasteiger partial charge < -0.3 is 0 Å². The number of carbonyl (C=O) groups excluding carboxylic acids is 1. The predicted octanol–water partition coefficient (Wildman–Crippen LogP) is 2.66. The fraction of sp³-hybridized carbons (Fsp3) is 0.133. The largest absolute Gasteiger partial charge is 0.293 e. The first-order valence-electron chi connectivity index (χ1n) is 7.12. The molecule has 0 aliphatic heterocycles. The number of halogens is 4. The molecule has 0 fully saturated rings. The smallest absolute Gasteiger partial charge is 0.282 e. The molecule has 7 nitrogen and oxygen atoms in total. The maximum atomic E-state index is 14.2. The third kappa shape index (κ3) is 3.43. The Balaban J connectivity index is 2.04. The highest BCUT2D eigenvalue weighted by Gasteiger charge is 2.23. The average molecular weight is 428 g/mol. The number of anilines is 1. The molecule has 11 heteroatoms. The fourth-order valence-electron chi connectivity index (χ4n) is 2.27. The second-order valence-electron chi connectivity index (χ2n) is 5.05. The molecule has 0 saturated heterocycles. The summed E-state index contributed by atoms with van der Waals surface area (Å²) in [5, 5.41) is 4.89. The maximum absolute atomic E-state index is 14.2. The summed E-state index contributed by atoms with van der Waals surface area (Å²) in [7, 11) is 0. The van der Waals surface area contributed by atoms with Crippen LogP contribution in [-0.2, 0) is 11.3 Å². The summed E-state index contributed by atoms with van der Waals surface area (Å²) < 4.78 is 41.3. The SMILES string of the molecule is O=C(Cn1nc(C(F)F)c2c(F)c(Br)ccc2c1=O)Nc1ncccn1. The third-order valence-electron chi connectivity index (χ3n) is 3.36. The van der Waals surface area contributed by atoms with Crippen molar-refractivity contribution in [3.8, 4) is 0 Å². The lowest BCUT2D eigenvalue weighted by molar-refractivity contribution is -0.117. The van der Waals surface area contributed by atoms with E-state index in [1.165, 1.54) is 30.6 Å². The Kier molecular flexibility index (Phi) is 4.98. The van der Waals surface area contributed by atoms with E-state index >= 15 is 0 Å². The van der Waals surface area contributed by atoms with Crippen LogP contribution in [0.2, 0.25) is 0 Å². The van der Waals surface area contributed by atoms with Gasteiger partial charge in [0.15, 0.2) is 0 Å². The van der Waals surface area contributed by atoms with Crippen LogP contribution in [0.25, 0.3) is 10.8 Å². The van der Waals surface area contributed by atoms with Crippen molar-refractivity contribution in [2.24, 2.45) is 0 Å². The summed E-state index contributed by atoms with van der Waals surface area (Å²) >= 11 is 2.89. The molecule has 1 N–H and O–H groups in total. The van der Waals surface area contributed by atoms with Crippen LogP contribution >= 0.6 is 15.9 Å². The first-order valence-corrected chi connectivity index (χ1v) is 7.91. The van der Waals surface area contributed by atoms with Crippen molar-refractivity contribution in [2.45, 2.75) is 13.0 Å². The van der Waals surface area contributed by atoms with Gasteiger partial charge in [-0.25, -0.2) is 27.8 Å². The van der Waals surface area contributed by atoms with Crippen LogP contribution in [0, 0.1) is 5.82 Å². The second kappa shape index (κ2) is 7.20. The molecular formula is C15H9BrF3N5O2. The number of aromatic nitrogens is 4. The monoisotopic (exact) mass is 427 g/mol. The van der Waals surface area contributed by atoms with Crippen LogP contribution in [0.1, 0.15) is 12.1 Å². The molecule has 0 spiro atoms. The molecule has 1 aromatic carbocycles. The molecule has 134 valence electrons. The number of fused-ring (bicyclic) bond motifs is 1. The lowest BCUT2D eigenvalue weighted by atomic mass is 10.1. The van der Waals surface area contributed by atoms with Gasteiger partial charge in [-0.15, -0.1) is 0 Å². The van der Waals surface area contributed by atoms with E-state index in [-0.39, 0.29) is 15.8 Å². The van der Waals surface area contributed by atoms with Gasteiger partial charge in [-0.1, -0.05) is 0 Å². The molecule has 2 heterocycles. The first kappa shape index (κ1) is 18.0. The topological polar surface area (TPSA) is 89.8 Å². The molecule has 0 radical (unpaired) electrons. The van der Waals surface area contributed by atoms with Crippen molar-refractivity contribution in [3.63, 3.8) is 0 Å². The Hall–Kier alpha value is -2.82. The minimum atomic E-state index is -3.14. The average Bonchev–Trinajstić information content (AvgIpc) is 2.61. The Morgan fingerprint density at radius 2 is 1.96 bits per heavy atom. The number of nitrogens with zero attached hydrogens (tertiary/aromatic N) is 4. The molecular weight excluding hydrogens is 419 g/mol. The van der Waals surface area contributed by atoms with Gasteiger partial charge in [-0.05, 0) is 34.1 Å². The highest BCUT2D eigenvalue weighted by Crippen LogP contribution is 2.29. The summed E-state index contributed by atoms with van der Waals surface area (Å²) in [4.78, 5) is 32.0. The van der Waals surface area contributed by atoms with Crippen LogP contribution in [0.3, 0.4) is 0 Å². The zero-order valence-corrected chi connectivity index (χ0v) is 14.4. The van der Waals surface area contributed by atoms with E-state index < -0.39 is 41.3 Å². The van der Waals surface area contributed by atoms with Crippen LogP contribution in [0.15, 0.2) is 39.9 Å². The molecule has 0 atom stereocenters. The summed E-state index contributed by atoms with van der Waals surface area (Å²) in [6, 6.07) is 3.94. The zero-order valence-electron chi connectivity index (χ0n) is 12.8. The van der Waals surface area contributed by atoms with Gasteiger partial charge in [0, 0.05) is 12.4 Å². The summed E-state index contributed by atoms with van der Waals surface area (Å²) in [6.45, 7) is -0.662. The minimum absolute atomic E-state index is 0.0182. The van der Waals surface area contributed by atoms with Crippen molar-refractivity contribution in [1.82, 2.24) is 19.7 Å². The molecule has 2 aromatic heterocycles. The van der Waals surface area contributed by atoms with Gasteiger partial charge in [-0.3, -0.25) is 14.9 Å². The molecule has 1 amide bonds. The van der Waals surface area contributed by atoms with Gasteiger partial charge >= 0.3 is 0 Å². The van der Waals surface area contributed by atoms with Crippen LogP contribution in [0.4, 0.5) is 19.1 Å². The maximum Gasteiger partial charge on any atom is 0.282 e. The van der Waals surface area contributed by atoms with E-state index in [1.54, 1.807) is 0 Å². The predicted molar refractivity (Wildman–Crippen MR) is 89.3 cm³/mol. The molecule has 0 bridgehead atoms. The Morgan fingerprint density at radius 1 is 1.27 bits per heavy atom. The molecule has 0 aliphatic carbocycles. The van der Waals surface area contributed by atoms with Crippen LogP contribution < -0.4 is 10.9 Å². The second-order valence-corrected chi connectivity index (χ2v) is 5.91. The lowest BCUT2D eigenvalue weighted by Crippen LogP contribution is -2.31. The van der Waals surface area contributed by atoms with Crippen LogP contribution in [-0.4, -0.2) is 25.7 Å². The van der Waals surface area contributed by atoms with Gasteiger partial charge in [-0.2, -0.15) is 5.10 Å². The summed E-state index contributed by atoms with van der Waals surface area (Å²) in [6.07, 6.45) is -0.370. The molecule has 0 aliphatic rings. The molecule has 3 aromatic rings. The van der Waals surface area contributed by atoms with Crippen molar-refractivity contribution >= 4 is 38.6 Å². The number of amides is 1. The highest BCUT2D eigenvalue weighted by atomic mass is 79.9. The quantitative estimate of drug-likeness (QED) is 0.691. The van der Waals surface area contributed by atoms with Crippen molar-refractivity contribution in [1.29, 1.82) is 0 Å². The van der Waals surface area contributed by atoms with E-state index in [0.29, 0.717) is 4.68 Å². The van der Waals surface area contributed by atoms with E-state index in [1.807, 2.05) is 0 Å². The molecule has 0 unspecified atom stereocenters. The number of carbonyl (C=O) groups is 1. The number of rotatable bonds is 4. The minimum Gasteiger partial charge on any atom is -0.293 e. The molecule has 0 saturated carbocycles. The van der Waals surface area contributed by atoms with Crippen LogP contribution in [0.5, 0.6) is 0 Å². The van der Waals surface area contributed by atoms with E-state index in [2.05, 4.69) is 36.3 Å². The van der Waals surface area contributed by atoms with E-state index in [9.17, 15) is 22.8 Å². The van der Waals surface area contributed by atoms with Gasteiger partial charge in [0.1, 0.15) is 18.1 Å². The van der Waals surface area contributed by atoms with Gasteiger partial charge in [0.05, 0.1) is 15.2 Å². The van der Waals surface area contributed by atoms with Crippen molar-refractivity contribution in [2.75, 3.05) is 5.32 Å². The number of alkyl halides is 2. The van der Waals surface area contributed by atoms with Crippen molar-refractivity contribution in [3.05, 3.63) is 56.9 Å². The molecule has 3 rings (SSSR count). The van der Waals surface area contributed by atoms with Gasteiger partial charge in [0.25, 0.3) is 12.0 Å². The fourth-order valence-corrected chi connectivity index (χ4v) is 2.60. The third-order valence-corrected chi connectivity index (χ3v) is 3.97. The number of nitrogens with one attached hydrogen (secondary N) is 1. The molecule has 26 heavy (non-hydrogen) atoms. The normalized spacial score (nSPS) is 11.1. The zero-order chi connectivity index (χ0) is 18.8. The van der Waals surface area contributed by atoms with Crippen molar-refractivity contribution < 1.29 is 18.0 Å². The number of hydrogen-bond acceptors (Lipinski definition) is 5. The Bertz CT molecular complexity index is 1040. The number of benzene rings is 1. The number of hydrogen-bond donors (Lipinski definition) is 1. The lowest BCUT2D eigenvalue weighted by Gasteiger charge is -2.11. The van der Waals surface area contributed by atoms with Gasteiger partial charge in [0.2, 0.25) is 11.9 Å². The highest BCUT2D eigenvalue weighted by molar-refractivity contribution is 9.10. The summed E-state index contributed by atoms with van der Waals surface area (Å²) in [5.41, 5.74) is -1.80. The van der Waals surface area contributed by atoms with E-state index in [4.69, 9.17) is 0 Å². The standard InChI is InChI=1S/C15H9BrF3N5O2/c16-8-3-2-7-10(11(8)17)12(13(18)19)23-24(14(7)26)6-9(25)22-15-20-4-1-5-21-15/h1-5,13H,6H2,(H,20,21,22,25). The first-order chi connectivity index (χ1) is 12.4.